The van der Waals surface area contributed by atoms with E-state index in [1.807, 2.05) is 0 Å². The molecular weight excluding hydrogens is 377 g/mol. The van der Waals surface area contributed by atoms with Gasteiger partial charge in [0, 0.05) is 24.8 Å². The second-order valence-electron chi connectivity index (χ2n) is 6.47. The van der Waals surface area contributed by atoms with Gasteiger partial charge in [0.15, 0.2) is 5.44 Å². The third kappa shape index (κ3) is 4.11. The number of aliphatic hydroxyl groups excluding tert-OH is 1. The van der Waals surface area contributed by atoms with E-state index in [9.17, 15) is 19.3 Å². The zero-order valence-corrected chi connectivity index (χ0v) is 16.1. The standard InChI is InChI=1S/C15H22N5O6P/c1-4-25-27(3,24)12-8-19(18-17-12)7-11-10(21)5-13(26-11)20-6-9(2)14(22)16-15(20)23/h6,8,10-11,13,21H,4-5,7H2,1-3H3,(H,16,22,23)/t10?,11-,13-,27?/m1/s1. The number of H-pyrrole nitrogens is 1. The van der Waals surface area contributed by atoms with Gasteiger partial charge in [-0.1, -0.05) is 5.21 Å². The third-order valence-electron chi connectivity index (χ3n) is 4.35. The smallest absolute Gasteiger partial charge is 0.330 e. The van der Waals surface area contributed by atoms with Crippen LogP contribution in [0.15, 0.2) is 22.0 Å². The number of ether oxygens (including phenoxy) is 1. The van der Waals surface area contributed by atoms with Gasteiger partial charge in [0.2, 0.25) is 7.37 Å². The molecule has 1 aliphatic rings. The maximum Gasteiger partial charge on any atom is 0.330 e. The molecule has 2 aromatic heterocycles. The molecule has 2 N–H and O–H groups in total. The van der Waals surface area contributed by atoms with Crippen LogP contribution < -0.4 is 16.7 Å². The van der Waals surface area contributed by atoms with Crippen molar-refractivity contribution in [3.63, 3.8) is 0 Å². The van der Waals surface area contributed by atoms with Gasteiger partial charge in [-0.2, -0.15) is 0 Å². The number of hydrogen-bond acceptors (Lipinski definition) is 8. The number of aliphatic hydroxyl groups is 1. The van der Waals surface area contributed by atoms with Crippen molar-refractivity contribution in [3.8, 4) is 0 Å². The average molecular weight is 399 g/mol. The highest BCUT2D eigenvalue weighted by Crippen LogP contribution is 2.40. The summed E-state index contributed by atoms with van der Waals surface area (Å²) in [6.07, 6.45) is 0.883. The van der Waals surface area contributed by atoms with E-state index in [-0.39, 0.29) is 18.4 Å². The minimum Gasteiger partial charge on any atom is -0.390 e. The van der Waals surface area contributed by atoms with Gasteiger partial charge in [0.05, 0.1) is 25.5 Å². The van der Waals surface area contributed by atoms with Crippen molar-refractivity contribution in [2.45, 2.75) is 45.2 Å². The molecule has 0 aliphatic carbocycles. The molecule has 148 valence electrons. The predicted octanol–water partition coefficient (Wildman–Crippen LogP) is -0.645. The molecule has 27 heavy (non-hydrogen) atoms. The Hall–Kier alpha value is -2.07. The molecule has 1 aliphatic heterocycles. The van der Waals surface area contributed by atoms with E-state index in [1.54, 1.807) is 13.8 Å². The molecule has 12 heteroatoms. The lowest BCUT2D eigenvalue weighted by atomic mass is 10.2. The predicted molar refractivity (Wildman–Crippen MR) is 95.4 cm³/mol. The Labute approximate surface area is 154 Å². The quantitative estimate of drug-likeness (QED) is 0.611. The first-order chi connectivity index (χ1) is 12.7. The van der Waals surface area contributed by atoms with Crippen LogP contribution in [0.5, 0.6) is 0 Å². The highest BCUT2D eigenvalue weighted by Gasteiger charge is 2.36. The summed E-state index contributed by atoms with van der Waals surface area (Å²) in [5.41, 5.74) is -0.456. The van der Waals surface area contributed by atoms with E-state index in [2.05, 4.69) is 15.3 Å². The number of nitrogens with zero attached hydrogens (tertiary/aromatic N) is 4. The Morgan fingerprint density at radius 3 is 2.89 bits per heavy atom. The molecule has 0 radical (unpaired) electrons. The number of rotatable bonds is 6. The van der Waals surface area contributed by atoms with Crippen LogP contribution in [0.4, 0.5) is 0 Å². The summed E-state index contributed by atoms with van der Waals surface area (Å²) in [6.45, 7) is 5.24. The van der Waals surface area contributed by atoms with E-state index in [0.717, 1.165) is 0 Å². The van der Waals surface area contributed by atoms with E-state index >= 15 is 0 Å². The van der Waals surface area contributed by atoms with Crippen molar-refractivity contribution in [2.24, 2.45) is 0 Å². The summed E-state index contributed by atoms with van der Waals surface area (Å²) in [6, 6.07) is 0. The van der Waals surface area contributed by atoms with Crippen molar-refractivity contribution in [2.75, 3.05) is 13.3 Å². The molecule has 1 fully saturated rings. The Kier molecular flexibility index (Phi) is 5.48. The van der Waals surface area contributed by atoms with E-state index < -0.39 is 37.1 Å². The number of aromatic amines is 1. The molecule has 2 unspecified atom stereocenters. The molecule has 3 heterocycles. The van der Waals surface area contributed by atoms with Gasteiger partial charge in [-0.05, 0) is 13.8 Å². The third-order valence-corrected chi connectivity index (χ3v) is 6.13. The van der Waals surface area contributed by atoms with Crippen LogP contribution in [0.1, 0.15) is 25.1 Å². The van der Waals surface area contributed by atoms with Crippen molar-refractivity contribution >= 4 is 12.8 Å². The second-order valence-corrected chi connectivity index (χ2v) is 8.88. The molecule has 1 saturated heterocycles. The molecule has 11 nitrogen and oxygen atoms in total. The SMILES string of the molecule is CCOP(C)(=O)c1cn(C[C@H]2O[C@@H](n3cc(C)c(=O)[nH]c3=O)CC2O)nn1. The van der Waals surface area contributed by atoms with Crippen molar-refractivity contribution in [1.82, 2.24) is 24.5 Å². The summed E-state index contributed by atoms with van der Waals surface area (Å²) in [5.74, 6) is 0. The lowest BCUT2D eigenvalue weighted by molar-refractivity contribution is -0.0302. The molecule has 0 spiro atoms. The van der Waals surface area contributed by atoms with Gasteiger partial charge in [0.25, 0.3) is 5.56 Å². The van der Waals surface area contributed by atoms with Crippen molar-refractivity contribution < 1.29 is 18.9 Å². The number of nitrogens with one attached hydrogen (secondary N) is 1. The van der Waals surface area contributed by atoms with Crippen LogP contribution >= 0.6 is 7.37 Å². The van der Waals surface area contributed by atoms with E-state index in [4.69, 9.17) is 9.26 Å². The number of hydrogen-bond donors (Lipinski definition) is 2. The Morgan fingerprint density at radius 2 is 2.19 bits per heavy atom. The maximum atomic E-state index is 12.4. The Balaban J connectivity index is 1.74. The minimum atomic E-state index is -3.04. The summed E-state index contributed by atoms with van der Waals surface area (Å²) in [5, 5.41) is 18.1. The van der Waals surface area contributed by atoms with Crippen LogP contribution in [0.25, 0.3) is 0 Å². The van der Waals surface area contributed by atoms with Crippen LogP contribution in [-0.4, -0.2) is 55.1 Å². The molecule has 4 atom stereocenters. The van der Waals surface area contributed by atoms with Crippen LogP contribution in [0.3, 0.4) is 0 Å². The van der Waals surface area contributed by atoms with E-state index in [1.165, 1.54) is 28.3 Å². The van der Waals surface area contributed by atoms with Gasteiger partial charge < -0.3 is 14.4 Å². The topological polar surface area (TPSA) is 141 Å². The van der Waals surface area contributed by atoms with Gasteiger partial charge in [-0.25, -0.2) is 9.48 Å². The molecule has 3 rings (SSSR count). The van der Waals surface area contributed by atoms with Crippen molar-refractivity contribution in [1.29, 1.82) is 0 Å². The highest BCUT2D eigenvalue weighted by atomic mass is 31.2. The maximum absolute atomic E-state index is 12.4. The number of aromatic nitrogens is 5. The summed E-state index contributed by atoms with van der Waals surface area (Å²) >= 11 is 0. The summed E-state index contributed by atoms with van der Waals surface area (Å²) in [4.78, 5) is 25.7. The monoisotopic (exact) mass is 399 g/mol. The van der Waals surface area contributed by atoms with Gasteiger partial charge in [0.1, 0.15) is 12.3 Å². The van der Waals surface area contributed by atoms with Crippen LogP contribution in [0, 0.1) is 6.92 Å². The first-order valence-corrected chi connectivity index (χ1v) is 10.6. The molecule has 0 bridgehead atoms. The Bertz CT molecular complexity index is 982. The van der Waals surface area contributed by atoms with Crippen LogP contribution in [0.2, 0.25) is 0 Å². The highest BCUT2D eigenvalue weighted by molar-refractivity contribution is 7.65. The van der Waals surface area contributed by atoms with Gasteiger partial charge >= 0.3 is 5.69 Å². The van der Waals surface area contributed by atoms with Gasteiger partial charge in [-0.15, -0.1) is 5.10 Å². The van der Waals surface area contributed by atoms with Gasteiger partial charge in [-0.3, -0.25) is 18.9 Å². The normalized spacial score (nSPS) is 24.8. The summed E-state index contributed by atoms with van der Waals surface area (Å²) < 4.78 is 26.1. The fraction of sp³-hybridized carbons (Fsp3) is 0.600. The molecule has 2 aromatic rings. The second kappa shape index (κ2) is 7.51. The zero-order chi connectivity index (χ0) is 19.8. The first kappa shape index (κ1) is 19.7. The largest absolute Gasteiger partial charge is 0.390 e. The fourth-order valence-corrected chi connectivity index (χ4v) is 4.08. The number of aryl methyl sites for hydroxylation is 1. The molecule has 0 saturated carbocycles. The van der Waals surface area contributed by atoms with Crippen LogP contribution in [-0.2, 0) is 20.4 Å². The molecule has 0 amide bonds. The van der Waals surface area contributed by atoms with Crippen molar-refractivity contribution in [3.05, 3.63) is 38.8 Å². The first-order valence-electron chi connectivity index (χ1n) is 8.49. The summed E-state index contributed by atoms with van der Waals surface area (Å²) in [7, 11) is -3.04. The molecular formula is C15H22N5O6P. The lowest BCUT2D eigenvalue weighted by Crippen LogP contribution is -2.33. The molecule has 0 aromatic carbocycles. The average Bonchev–Trinajstić information content (AvgIpc) is 3.19. The fourth-order valence-electron chi connectivity index (χ4n) is 2.91. The lowest BCUT2D eigenvalue weighted by Gasteiger charge is -2.16. The Morgan fingerprint density at radius 1 is 1.44 bits per heavy atom. The zero-order valence-electron chi connectivity index (χ0n) is 15.2. The minimum absolute atomic E-state index is 0.161. The van der Waals surface area contributed by atoms with E-state index in [0.29, 0.717) is 12.2 Å².